The van der Waals surface area contributed by atoms with Gasteiger partial charge in [0.15, 0.2) is 0 Å². The average molecular weight is 276 g/mol. The summed E-state index contributed by atoms with van der Waals surface area (Å²) in [7, 11) is 0. The van der Waals surface area contributed by atoms with Gasteiger partial charge in [0.1, 0.15) is 0 Å². The molecule has 19 heavy (non-hydrogen) atoms. The third kappa shape index (κ3) is 3.62. The molecule has 1 aromatic carbocycles. The highest BCUT2D eigenvalue weighted by molar-refractivity contribution is 7.09. The van der Waals surface area contributed by atoms with Crippen LogP contribution >= 0.6 is 11.3 Å². The smallest absolute Gasteiger partial charge is 0.230 e. The van der Waals surface area contributed by atoms with Crippen molar-refractivity contribution in [2.24, 2.45) is 0 Å². The zero-order chi connectivity index (χ0) is 13.8. The minimum atomic E-state index is -0.613. The fourth-order valence-electron chi connectivity index (χ4n) is 1.82. The molecule has 0 fully saturated rings. The Morgan fingerprint density at radius 3 is 2.84 bits per heavy atom. The summed E-state index contributed by atoms with van der Waals surface area (Å²) in [6, 6.07) is 7.25. The summed E-state index contributed by atoms with van der Waals surface area (Å²) in [5, 5.41) is 15.3. The van der Waals surface area contributed by atoms with Gasteiger partial charge in [0, 0.05) is 16.6 Å². The molecule has 0 saturated heterocycles. The number of hydrogen-bond acceptors (Lipinski definition) is 4. The van der Waals surface area contributed by atoms with Crippen molar-refractivity contribution in [2.45, 2.75) is 26.4 Å². The van der Waals surface area contributed by atoms with E-state index in [0.717, 1.165) is 10.7 Å². The highest BCUT2D eigenvalue weighted by atomic mass is 32.1. The molecule has 0 radical (unpaired) electrons. The van der Waals surface area contributed by atoms with Gasteiger partial charge < -0.3 is 10.4 Å². The Morgan fingerprint density at radius 1 is 1.47 bits per heavy atom. The van der Waals surface area contributed by atoms with Gasteiger partial charge in [-0.1, -0.05) is 18.2 Å². The molecule has 2 rings (SSSR count). The molecule has 1 atom stereocenters. The summed E-state index contributed by atoms with van der Waals surface area (Å²) in [6.07, 6.45) is -0.364. The van der Waals surface area contributed by atoms with Crippen molar-refractivity contribution in [2.75, 3.05) is 5.32 Å². The van der Waals surface area contributed by atoms with E-state index in [0.29, 0.717) is 11.3 Å². The van der Waals surface area contributed by atoms with E-state index >= 15 is 0 Å². The maximum atomic E-state index is 11.9. The molecular formula is C14H16N2O2S. The van der Waals surface area contributed by atoms with Crippen LogP contribution in [-0.2, 0) is 11.2 Å². The number of nitrogens with one attached hydrogen (secondary N) is 1. The predicted octanol–water partition coefficient (Wildman–Crippen LogP) is 2.69. The number of aliphatic hydroxyl groups excluding tert-OH is 1. The van der Waals surface area contributed by atoms with E-state index < -0.39 is 6.10 Å². The molecular weight excluding hydrogens is 260 g/mol. The molecule has 1 heterocycles. The first-order valence-corrected chi connectivity index (χ1v) is 6.92. The SMILES string of the molecule is Cc1nc(CC(=O)Nc2ccccc2C(C)O)cs1. The second-order valence-corrected chi connectivity index (χ2v) is 5.41. The largest absolute Gasteiger partial charge is 0.389 e. The maximum Gasteiger partial charge on any atom is 0.230 e. The van der Waals surface area contributed by atoms with Crippen molar-refractivity contribution in [3.63, 3.8) is 0 Å². The van der Waals surface area contributed by atoms with Gasteiger partial charge in [-0.3, -0.25) is 4.79 Å². The number of nitrogens with zero attached hydrogens (tertiary/aromatic N) is 1. The van der Waals surface area contributed by atoms with E-state index in [1.165, 1.54) is 11.3 Å². The Bertz CT molecular complexity index is 578. The molecule has 0 aliphatic rings. The van der Waals surface area contributed by atoms with Gasteiger partial charge in [-0.2, -0.15) is 0 Å². The van der Waals surface area contributed by atoms with Crippen molar-refractivity contribution < 1.29 is 9.90 Å². The number of benzene rings is 1. The van der Waals surface area contributed by atoms with E-state index in [2.05, 4.69) is 10.3 Å². The summed E-state index contributed by atoms with van der Waals surface area (Å²) in [4.78, 5) is 16.2. The quantitative estimate of drug-likeness (QED) is 0.902. The third-order valence-electron chi connectivity index (χ3n) is 2.69. The van der Waals surface area contributed by atoms with Gasteiger partial charge in [0.05, 0.1) is 23.2 Å². The zero-order valence-electron chi connectivity index (χ0n) is 10.9. The van der Waals surface area contributed by atoms with Crippen LogP contribution in [0.5, 0.6) is 0 Å². The van der Waals surface area contributed by atoms with Crippen LogP contribution in [-0.4, -0.2) is 16.0 Å². The summed E-state index contributed by atoms with van der Waals surface area (Å²) >= 11 is 1.53. The van der Waals surface area contributed by atoms with Gasteiger partial charge in [0.2, 0.25) is 5.91 Å². The molecule has 2 aromatic rings. The number of thiazole rings is 1. The van der Waals surface area contributed by atoms with Crippen LogP contribution in [0.3, 0.4) is 0 Å². The van der Waals surface area contributed by atoms with Crippen molar-refractivity contribution in [1.82, 2.24) is 4.98 Å². The fraction of sp³-hybridized carbons (Fsp3) is 0.286. The number of para-hydroxylation sites is 1. The molecule has 100 valence electrons. The molecule has 0 aliphatic carbocycles. The fourth-order valence-corrected chi connectivity index (χ4v) is 2.44. The Morgan fingerprint density at radius 2 is 2.21 bits per heavy atom. The van der Waals surface area contributed by atoms with E-state index in [4.69, 9.17) is 0 Å². The van der Waals surface area contributed by atoms with E-state index in [-0.39, 0.29) is 12.3 Å². The monoisotopic (exact) mass is 276 g/mol. The molecule has 1 amide bonds. The van der Waals surface area contributed by atoms with Crippen LogP contribution in [0.15, 0.2) is 29.6 Å². The number of carbonyl (C=O) groups excluding carboxylic acids is 1. The lowest BCUT2D eigenvalue weighted by atomic mass is 10.1. The highest BCUT2D eigenvalue weighted by Crippen LogP contribution is 2.22. The first kappa shape index (κ1) is 13.7. The average Bonchev–Trinajstić information content (AvgIpc) is 2.75. The van der Waals surface area contributed by atoms with Gasteiger partial charge in [-0.15, -0.1) is 11.3 Å². The van der Waals surface area contributed by atoms with Gasteiger partial charge in [-0.25, -0.2) is 4.98 Å². The summed E-state index contributed by atoms with van der Waals surface area (Å²) in [6.45, 7) is 3.59. The Hall–Kier alpha value is -1.72. The number of aromatic nitrogens is 1. The molecule has 5 heteroatoms. The topological polar surface area (TPSA) is 62.2 Å². The maximum absolute atomic E-state index is 11.9. The second kappa shape index (κ2) is 5.95. The standard InChI is InChI=1S/C14H16N2O2S/c1-9(17)12-5-3-4-6-13(12)16-14(18)7-11-8-19-10(2)15-11/h3-6,8-9,17H,7H2,1-2H3,(H,16,18). The number of aryl methyl sites for hydroxylation is 1. The first-order valence-electron chi connectivity index (χ1n) is 6.04. The summed E-state index contributed by atoms with van der Waals surface area (Å²) in [5.74, 6) is -0.126. The van der Waals surface area contributed by atoms with Crippen LogP contribution < -0.4 is 5.32 Å². The lowest BCUT2D eigenvalue weighted by molar-refractivity contribution is -0.115. The van der Waals surface area contributed by atoms with Crippen LogP contribution in [0.1, 0.15) is 29.3 Å². The number of hydrogen-bond donors (Lipinski definition) is 2. The van der Waals surface area contributed by atoms with Gasteiger partial charge in [-0.05, 0) is 19.9 Å². The van der Waals surface area contributed by atoms with Crippen LogP contribution in [0.2, 0.25) is 0 Å². The van der Waals surface area contributed by atoms with E-state index in [9.17, 15) is 9.90 Å². The molecule has 0 spiro atoms. The predicted molar refractivity (Wildman–Crippen MR) is 76.3 cm³/mol. The molecule has 4 nitrogen and oxygen atoms in total. The van der Waals surface area contributed by atoms with Crippen molar-refractivity contribution in [1.29, 1.82) is 0 Å². The summed E-state index contributed by atoms with van der Waals surface area (Å²) < 4.78 is 0. The number of amides is 1. The number of aliphatic hydroxyl groups is 1. The van der Waals surface area contributed by atoms with Crippen molar-refractivity contribution in [3.8, 4) is 0 Å². The molecule has 0 bridgehead atoms. The Labute approximate surface area is 116 Å². The molecule has 0 saturated carbocycles. The number of anilines is 1. The highest BCUT2D eigenvalue weighted by Gasteiger charge is 2.11. The normalized spacial score (nSPS) is 12.2. The lowest BCUT2D eigenvalue weighted by Crippen LogP contribution is -2.16. The van der Waals surface area contributed by atoms with Gasteiger partial charge >= 0.3 is 0 Å². The Kier molecular flexibility index (Phi) is 4.29. The number of carbonyl (C=O) groups is 1. The van der Waals surface area contributed by atoms with Crippen LogP contribution in [0.4, 0.5) is 5.69 Å². The molecule has 1 unspecified atom stereocenters. The van der Waals surface area contributed by atoms with Crippen LogP contribution in [0, 0.1) is 6.92 Å². The third-order valence-corrected chi connectivity index (χ3v) is 3.52. The molecule has 0 aliphatic heterocycles. The Balaban J connectivity index is 2.07. The first-order chi connectivity index (χ1) is 9.06. The molecule has 2 N–H and O–H groups in total. The zero-order valence-corrected chi connectivity index (χ0v) is 11.7. The van der Waals surface area contributed by atoms with Crippen LogP contribution in [0.25, 0.3) is 0 Å². The lowest BCUT2D eigenvalue weighted by Gasteiger charge is -2.12. The number of rotatable bonds is 4. The minimum Gasteiger partial charge on any atom is -0.389 e. The second-order valence-electron chi connectivity index (χ2n) is 4.35. The van der Waals surface area contributed by atoms with Crippen molar-refractivity contribution in [3.05, 3.63) is 45.9 Å². The van der Waals surface area contributed by atoms with Crippen molar-refractivity contribution >= 4 is 22.9 Å². The molecule has 1 aromatic heterocycles. The van der Waals surface area contributed by atoms with Gasteiger partial charge in [0.25, 0.3) is 0 Å². The van der Waals surface area contributed by atoms with E-state index in [1.807, 2.05) is 24.4 Å². The summed E-state index contributed by atoms with van der Waals surface area (Å²) in [5.41, 5.74) is 2.13. The van der Waals surface area contributed by atoms with E-state index in [1.54, 1.807) is 19.1 Å². The minimum absolute atomic E-state index is 0.126.